The van der Waals surface area contributed by atoms with Gasteiger partial charge in [0, 0.05) is 0 Å². The van der Waals surface area contributed by atoms with Crippen LogP contribution in [0.2, 0.25) is 0 Å². The standard InChI is InChI=1S/C26H46/c1-18(2)8-7-9-19(3)21-13-14-23-22(21)15-16-25-24(23)12-11-20-10-5-6-17-26(20,25)4/h18-25H,5-17H2,1-4H3. The summed E-state index contributed by atoms with van der Waals surface area (Å²) in [5.74, 6) is 8.47. The van der Waals surface area contributed by atoms with Gasteiger partial charge in [-0.2, -0.15) is 0 Å². The smallest absolute Gasteiger partial charge is 0.0266 e. The molecule has 4 fully saturated rings. The maximum Gasteiger partial charge on any atom is -0.0266 e. The third-order valence-electron chi connectivity index (χ3n) is 10.1. The van der Waals surface area contributed by atoms with Crippen molar-refractivity contribution in [3.05, 3.63) is 0 Å². The lowest BCUT2D eigenvalue weighted by Crippen LogP contribution is -2.50. The van der Waals surface area contributed by atoms with Crippen LogP contribution in [0.4, 0.5) is 0 Å². The lowest BCUT2D eigenvalue weighted by atomic mass is 9.47. The van der Waals surface area contributed by atoms with Crippen LogP contribution in [0.1, 0.15) is 111 Å². The Hall–Kier alpha value is 0. The molecule has 150 valence electrons. The van der Waals surface area contributed by atoms with Crippen molar-refractivity contribution in [3.63, 3.8) is 0 Å². The Morgan fingerprint density at radius 1 is 0.769 bits per heavy atom. The molecule has 0 spiro atoms. The van der Waals surface area contributed by atoms with Gasteiger partial charge >= 0.3 is 0 Å². The molecule has 0 heteroatoms. The van der Waals surface area contributed by atoms with Crippen molar-refractivity contribution in [1.29, 1.82) is 0 Å². The number of fused-ring (bicyclic) bond motifs is 5. The van der Waals surface area contributed by atoms with E-state index in [0.29, 0.717) is 0 Å². The molecule has 0 bridgehead atoms. The van der Waals surface area contributed by atoms with Crippen LogP contribution in [0.25, 0.3) is 0 Å². The predicted molar refractivity (Wildman–Crippen MR) is 113 cm³/mol. The number of hydrogen-bond donors (Lipinski definition) is 0. The van der Waals surface area contributed by atoms with Gasteiger partial charge in [0.1, 0.15) is 0 Å². The summed E-state index contributed by atoms with van der Waals surface area (Å²) in [6, 6.07) is 0. The molecular formula is C26H46. The van der Waals surface area contributed by atoms with E-state index in [1.165, 1.54) is 32.1 Å². The first kappa shape index (κ1) is 19.3. The molecule has 0 radical (unpaired) electrons. The van der Waals surface area contributed by atoms with Crippen LogP contribution in [0.3, 0.4) is 0 Å². The van der Waals surface area contributed by atoms with Crippen LogP contribution >= 0.6 is 0 Å². The normalized spacial score (nSPS) is 46.5. The molecule has 8 unspecified atom stereocenters. The summed E-state index contributed by atoms with van der Waals surface area (Å²) in [6.07, 6.45) is 20.1. The Balaban J connectivity index is 1.40. The second-order valence-corrected chi connectivity index (χ2v) is 11.7. The van der Waals surface area contributed by atoms with Crippen LogP contribution in [-0.4, -0.2) is 0 Å². The molecule has 0 aromatic carbocycles. The van der Waals surface area contributed by atoms with E-state index < -0.39 is 0 Å². The van der Waals surface area contributed by atoms with Gasteiger partial charge < -0.3 is 0 Å². The Labute approximate surface area is 164 Å². The van der Waals surface area contributed by atoms with Gasteiger partial charge in [-0.15, -0.1) is 0 Å². The summed E-state index contributed by atoms with van der Waals surface area (Å²) in [5.41, 5.74) is 0.729. The van der Waals surface area contributed by atoms with Crippen molar-refractivity contribution in [3.8, 4) is 0 Å². The molecule has 0 amide bonds. The van der Waals surface area contributed by atoms with Gasteiger partial charge in [-0.05, 0) is 104 Å². The van der Waals surface area contributed by atoms with E-state index >= 15 is 0 Å². The molecule has 0 aliphatic heterocycles. The maximum absolute atomic E-state index is 2.73. The van der Waals surface area contributed by atoms with Crippen molar-refractivity contribution in [2.24, 2.45) is 52.8 Å². The summed E-state index contributed by atoms with van der Waals surface area (Å²) in [5, 5.41) is 0. The molecular weight excluding hydrogens is 312 g/mol. The van der Waals surface area contributed by atoms with Crippen molar-refractivity contribution >= 4 is 0 Å². The summed E-state index contributed by atoms with van der Waals surface area (Å²) in [7, 11) is 0. The van der Waals surface area contributed by atoms with Crippen LogP contribution in [-0.2, 0) is 0 Å². The number of rotatable bonds is 5. The lowest BCUT2D eigenvalue weighted by Gasteiger charge is -2.58. The van der Waals surface area contributed by atoms with E-state index in [2.05, 4.69) is 27.7 Å². The molecule has 0 saturated heterocycles. The molecule has 4 aliphatic carbocycles. The average Bonchev–Trinajstić information content (AvgIpc) is 3.05. The van der Waals surface area contributed by atoms with Crippen molar-refractivity contribution in [2.45, 2.75) is 111 Å². The largest absolute Gasteiger partial charge is 0.0628 e. The fourth-order valence-corrected chi connectivity index (χ4v) is 8.76. The van der Waals surface area contributed by atoms with Crippen molar-refractivity contribution in [1.82, 2.24) is 0 Å². The molecule has 8 atom stereocenters. The summed E-state index contributed by atoms with van der Waals surface area (Å²) >= 11 is 0. The Morgan fingerprint density at radius 2 is 1.54 bits per heavy atom. The van der Waals surface area contributed by atoms with Gasteiger partial charge in [0.15, 0.2) is 0 Å². The highest BCUT2D eigenvalue weighted by molar-refractivity contribution is 5.05. The molecule has 0 aromatic rings. The van der Waals surface area contributed by atoms with Gasteiger partial charge in [-0.1, -0.05) is 59.8 Å². The highest BCUT2D eigenvalue weighted by Crippen LogP contribution is 2.64. The third kappa shape index (κ3) is 3.41. The Bertz CT molecular complexity index is 465. The van der Waals surface area contributed by atoms with E-state index in [1.807, 2.05) is 0 Å². The second-order valence-electron chi connectivity index (χ2n) is 11.7. The highest BCUT2D eigenvalue weighted by Gasteiger charge is 2.55. The average molecular weight is 359 g/mol. The SMILES string of the molecule is CC(C)CCCC(C)C1CCC2C1CCC1C2CCC2CCCCC21C. The predicted octanol–water partition coefficient (Wildman–Crippen LogP) is 8.11. The molecule has 0 N–H and O–H groups in total. The number of hydrogen-bond acceptors (Lipinski definition) is 0. The van der Waals surface area contributed by atoms with E-state index in [1.54, 1.807) is 51.4 Å². The zero-order valence-corrected chi connectivity index (χ0v) is 18.3. The van der Waals surface area contributed by atoms with Crippen LogP contribution in [0.15, 0.2) is 0 Å². The minimum absolute atomic E-state index is 0.729. The maximum atomic E-state index is 2.73. The molecule has 0 nitrogen and oxygen atoms in total. The van der Waals surface area contributed by atoms with Crippen LogP contribution < -0.4 is 0 Å². The van der Waals surface area contributed by atoms with Crippen molar-refractivity contribution < 1.29 is 0 Å². The monoisotopic (exact) mass is 358 g/mol. The quantitative estimate of drug-likeness (QED) is 0.465. The molecule has 4 rings (SSSR count). The molecule has 4 saturated carbocycles. The Morgan fingerprint density at radius 3 is 2.35 bits per heavy atom. The topological polar surface area (TPSA) is 0 Å². The van der Waals surface area contributed by atoms with Gasteiger partial charge in [0.25, 0.3) is 0 Å². The van der Waals surface area contributed by atoms with Crippen LogP contribution in [0.5, 0.6) is 0 Å². The summed E-state index contributed by atoms with van der Waals surface area (Å²) in [4.78, 5) is 0. The minimum Gasteiger partial charge on any atom is -0.0628 e. The summed E-state index contributed by atoms with van der Waals surface area (Å²) in [6.45, 7) is 10.1. The van der Waals surface area contributed by atoms with E-state index in [4.69, 9.17) is 0 Å². The van der Waals surface area contributed by atoms with E-state index in [0.717, 1.165) is 52.8 Å². The zero-order chi connectivity index (χ0) is 18.3. The van der Waals surface area contributed by atoms with Gasteiger partial charge in [0.05, 0.1) is 0 Å². The van der Waals surface area contributed by atoms with E-state index in [-0.39, 0.29) is 0 Å². The first-order valence-corrected chi connectivity index (χ1v) is 12.5. The lowest BCUT2D eigenvalue weighted by molar-refractivity contribution is -0.0886. The van der Waals surface area contributed by atoms with Crippen LogP contribution in [0, 0.1) is 52.8 Å². The third-order valence-corrected chi connectivity index (χ3v) is 10.1. The second kappa shape index (κ2) is 7.79. The van der Waals surface area contributed by atoms with Crippen molar-refractivity contribution in [2.75, 3.05) is 0 Å². The first-order chi connectivity index (χ1) is 12.5. The molecule has 4 aliphatic rings. The molecule has 0 heterocycles. The fraction of sp³-hybridized carbons (Fsp3) is 1.00. The molecule has 0 aromatic heterocycles. The first-order valence-electron chi connectivity index (χ1n) is 12.5. The zero-order valence-electron chi connectivity index (χ0n) is 18.3. The minimum atomic E-state index is 0.729. The Kier molecular flexibility index (Phi) is 5.79. The van der Waals surface area contributed by atoms with Gasteiger partial charge in [0.2, 0.25) is 0 Å². The highest BCUT2D eigenvalue weighted by atomic mass is 14.6. The fourth-order valence-electron chi connectivity index (χ4n) is 8.76. The summed E-state index contributed by atoms with van der Waals surface area (Å²) < 4.78 is 0. The van der Waals surface area contributed by atoms with E-state index in [9.17, 15) is 0 Å². The van der Waals surface area contributed by atoms with Gasteiger partial charge in [-0.25, -0.2) is 0 Å². The molecule has 26 heavy (non-hydrogen) atoms. The van der Waals surface area contributed by atoms with Gasteiger partial charge in [-0.3, -0.25) is 0 Å².